The minimum atomic E-state index is -3.55. The summed E-state index contributed by atoms with van der Waals surface area (Å²) in [7, 11) is -1.96. The van der Waals surface area contributed by atoms with E-state index in [1.807, 2.05) is 38.1 Å². The summed E-state index contributed by atoms with van der Waals surface area (Å²) in [6, 6.07) is 13.7. The van der Waals surface area contributed by atoms with Crippen LogP contribution in [0.4, 0.5) is 5.69 Å². The second-order valence-corrected chi connectivity index (χ2v) is 9.40. The largest absolute Gasteiger partial charge is 0.497 e. The van der Waals surface area contributed by atoms with Crippen molar-refractivity contribution in [3.63, 3.8) is 0 Å². The summed E-state index contributed by atoms with van der Waals surface area (Å²) in [5, 5.41) is 2.82. The number of carbonyl (C=O) groups is 1. The van der Waals surface area contributed by atoms with E-state index >= 15 is 0 Å². The highest BCUT2D eigenvalue weighted by Gasteiger charge is 2.35. The minimum Gasteiger partial charge on any atom is -0.497 e. The predicted octanol–water partition coefficient (Wildman–Crippen LogP) is 3.83. The second-order valence-electron chi connectivity index (χ2n) is 7.56. The van der Waals surface area contributed by atoms with Gasteiger partial charge in [0.2, 0.25) is 15.9 Å². The maximum atomic E-state index is 13.1. The second kappa shape index (κ2) is 8.97. The molecule has 0 aliphatic carbocycles. The number of amides is 1. The molecule has 1 amide bonds. The average molecular weight is 417 g/mol. The van der Waals surface area contributed by atoms with Gasteiger partial charge in [0, 0.05) is 17.8 Å². The van der Waals surface area contributed by atoms with Crippen LogP contribution in [0.1, 0.15) is 38.7 Å². The van der Waals surface area contributed by atoms with Crippen molar-refractivity contribution in [3.8, 4) is 5.75 Å². The first-order chi connectivity index (χ1) is 13.8. The molecule has 1 N–H and O–H groups in total. The Morgan fingerprint density at radius 3 is 2.17 bits per heavy atom. The summed E-state index contributed by atoms with van der Waals surface area (Å²) in [5.41, 5.74) is 1.44. The zero-order valence-electron chi connectivity index (χ0n) is 17.1. The van der Waals surface area contributed by atoms with Crippen LogP contribution in [0.2, 0.25) is 0 Å². The van der Waals surface area contributed by atoms with E-state index in [1.54, 1.807) is 35.7 Å². The third kappa shape index (κ3) is 4.97. The zero-order chi connectivity index (χ0) is 21.0. The van der Waals surface area contributed by atoms with Gasteiger partial charge in [-0.25, -0.2) is 8.42 Å². The van der Waals surface area contributed by atoms with Crippen molar-refractivity contribution in [3.05, 3.63) is 54.1 Å². The highest BCUT2D eigenvalue weighted by molar-refractivity contribution is 7.89. The lowest BCUT2D eigenvalue weighted by molar-refractivity contribution is -0.115. The highest BCUT2D eigenvalue weighted by atomic mass is 32.2. The Morgan fingerprint density at radius 2 is 1.62 bits per heavy atom. The average Bonchev–Trinajstić information content (AvgIpc) is 2.68. The molecule has 1 saturated heterocycles. The monoisotopic (exact) mass is 416 g/mol. The van der Waals surface area contributed by atoms with Crippen molar-refractivity contribution in [2.75, 3.05) is 12.4 Å². The van der Waals surface area contributed by atoms with Gasteiger partial charge in [-0.2, -0.15) is 4.31 Å². The van der Waals surface area contributed by atoms with E-state index in [-0.39, 0.29) is 29.3 Å². The van der Waals surface area contributed by atoms with Gasteiger partial charge in [0.1, 0.15) is 5.75 Å². The summed E-state index contributed by atoms with van der Waals surface area (Å²) < 4.78 is 32.9. The third-order valence-corrected chi connectivity index (χ3v) is 7.49. The molecule has 0 aromatic heterocycles. The van der Waals surface area contributed by atoms with E-state index in [9.17, 15) is 13.2 Å². The Morgan fingerprint density at radius 1 is 1.03 bits per heavy atom. The molecule has 29 heavy (non-hydrogen) atoms. The molecule has 2 aromatic carbocycles. The highest BCUT2D eigenvalue weighted by Crippen LogP contribution is 2.30. The third-order valence-electron chi connectivity index (χ3n) is 5.35. The molecule has 1 fully saturated rings. The Kier molecular flexibility index (Phi) is 6.59. The fourth-order valence-electron chi connectivity index (χ4n) is 3.84. The van der Waals surface area contributed by atoms with Gasteiger partial charge in [-0.05, 0) is 68.7 Å². The van der Waals surface area contributed by atoms with Gasteiger partial charge in [-0.3, -0.25) is 4.79 Å². The first-order valence-corrected chi connectivity index (χ1v) is 11.3. The molecular weight excluding hydrogens is 388 g/mol. The molecule has 0 saturated carbocycles. The van der Waals surface area contributed by atoms with Gasteiger partial charge in [0.25, 0.3) is 0 Å². The van der Waals surface area contributed by atoms with Crippen LogP contribution < -0.4 is 10.1 Å². The lowest BCUT2D eigenvalue weighted by atomic mass is 10.0. The van der Waals surface area contributed by atoms with E-state index in [0.29, 0.717) is 5.69 Å². The van der Waals surface area contributed by atoms with Gasteiger partial charge < -0.3 is 10.1 Å². The Labute approximate surface area is 172 Å². The van der Waals surface area contributed by atoms with E-state index in [4.69, 9.17) is 4.74 Å². The van der Waals surface area contributed by atoms with Gasteiger partial charge >= 0.3 is 0 Å². The Hall–Kier alpha value is -2.38. The number of nitrogens with one attached hydrogen (secondary N) is 1. The molecule has 0 spiro atoms. The number of sulfonamides is 1. The number of hydrogen-bond donors (Lipinski definition) is 1. The molecule has 1 heterocycles. The van der Waals surface area contributed by atoms with Crippen LogP contribution in [-0.2, 0) is 21.2 Å². The SMILES string of the molecule is COc1ccc(CC(=O)Nc2ccc(S(=O)(=O)N3C(C)CCCC3C)cc2)cc1. The van der Waals surface area contributed by atoms with Crippen molar-refractivity contribution in [1.29, 1.82) is 0 Å². The molecule has 0 radical (unpaired) electrons. The number of benzene rings is 2. The van der Waals surface area contributed by atoms with Crippen molar-refractivity contribution < 1.29 is 17.9 Å². The number of hydrogen-bond acceptors (Lipinski definition) is 4. The number of piperidine rings is 1. The van der Waals surface area contributed by atoms with E-state index in [2.05, 4.69) is 5.32 Å². The molecule has 2 atom stereocenters. The molecule has 3 rings (SSSR count). The van der Waals surface area contributed by atoms with Gasteiger partial charge in [0.15, 0.2) is 0 Å². The van der Waals surface area contributed by atoms with E-state index in [0.717, 1.165) is 30.6 Å². The van der Waals surface area contributed by atoms with Crippen molar-refractivity contribution >= 4 is 21.6 Å². The number of carbonyl (C=O) groups excluding carboxylic acids is 1. The van der Waals surface area contributed by atoms with Gasteiger partial charge in [-0.1, -0.05) is 18.6 Å². The normalized spacial score (nSPS) is 20.2. The van der Waals surface area contributed by atoms with Gasteiger partial charge in [-0.15, -0.1) is 0 Å². The van der Waals surface area contributed by atoms with Crippen LogP contribution in [0.15, 0.2) is 53.4 Å². The van der Waals surface area contributed by atoms with Crippen molar-refractivity contribution in [2.45, 2.75) is 56.5 Å². The molecule has 6 nitrogen and oxygen atoms in total. The smallest absolute Gasteiger partial charge is 0.243 e. The number of anilines is 1. The lowest BCUT2D eigenvalue weighted by Crippen LogP contribution is -2.47. The molecule has 1 aliphatic heterocycles. The van der Waals surface area contributed by atoms with Gasteiger partial charge in [0.05, 0.1) is 18.4 Å². The Balaban J connectivity index is 1.66. The fourth-order valence-corrected chi connectivity index (χ4v) is 5.72. The standard InChI is InChI=1S/C22H28N2O4S/c1-16-5-4-6-17(2)24(16)29(26,27)21-13-9-19(10-14-21)23-22(25)15-18-7-11-20(28-3)12-8-18/h7-14,16-17H,4-6,15H2,1-3H3,(H,23,25). The molecule has 156 valence electrons. The van der Waals surface area contributed by atoms with Crippen LogP contribution in [0, 0.1) is 0 Å². The van der Waals surface area contributed by atoms with Crippen LogP contribution in [0.25, 0.3) is 0 Å². The molecule has 0 bridgehead atoms. The predicted molar refractivity (Wildman–Crippen MR) is 114 cm³/mol. The minimum absolute atomic E-state index is 0.00683. The fraction of sp³-hybridized carbons (Fsp3) is 0.409. The van der Waals surface area contributed by atoms with Crippen LogP contribution in [0.3, 0.4) is 0 Å². The van der Waals surface area contributed by atoms with Crippen molar-refractivity contribution in [1.82, 2.24) is 4.31 Å². The first kappa shape index (κ1) is 21.3. The summed E-state index contributed by atoms with van der Waals surface area (Å²) >= 11 is 0. The van der Waals surface area contributed by atoms with Crippen LogP contribution >= 0.6 is 0 Å². The van der Waals surface area contributed by atoms with E-state index < -0.39 is 10.0 Å². The molecular formula is C22H28N2O4S. The first-order valence-electron chi connectivity index (χ1n) is 9.87. The number of ether oxygens (including phenoxy) is 1. The summed E-state index contributed by atoms with van der Waals surface area (Å²) in [4.78, 5) is 12.5. The zero-order valence-corrected chi connectivity index (χ0v) is 17.9. The molecule has 7 heteroatoms. The maximum Gasteiger partial charge on any atom is 0.243 e. The van der Waals surface area contributed by atoms with E-state index in [1.165, 1.54) is 0 Å². The topological polar surface area (TPSA) is 75.7 Å². The van der Waals surface area contributed by atoms with Crippen LogP contribution in [-0.4, -0.2) is 37.8 Å². The number of nitrogens with zero attached hydrogens (tertiary/aromatic N) is 1. The molecule has 2 unspecified atom stereocenters. The quantitative estimate of drug-likeness (QED) is 0.777. The maximum absolute atomic E-state index is 13.1. The summed E-state index contributed by atoms with van der Waals surface area (Å²) in [6.45, 7) is 3.92. The summed E-state index contributed by atoms with van der Waals surface area (Å²) in [5.74, 6) is 0.576. The van der Waals surface area contributed by atoms with Crippen LogP contribution in [0.5, 0.6) is 5.75 Å². The van der Waals surface area contributed by atoms with Crippen molar-refractivity contribution in [2.24, 2.45) is 0 Å². The molecule has 2 aromatic rings. The number of rotatable bonds is 6. The lowest BCUT2D eigenvalue weighted by Gasteiger charge is -2.37. The molecule has 1 aliphatic rings. The number of methoxy groups -OCH3 is 1. The Bertz CT molecular complexity index is 930. The summed E-state index contributed by atoms with van der Waals surface area (Å²) in [6.07, 6.45) is 3.03.